The van der Waals surface area contributed by atoms with Gasteiger partial charge in [0.2, 0.25) is 27.2 Å². The first kappa shape index (κ1) is 61.0. The summed E-state index contributed by atoms with van der Waals surface area (Å²) in [6.07, 6.45) is 3.72. The van der Waals surface area contributed by atoms with Crippen molar-refractivity contribution in [2.24, 2.45) is 20.5 Å². The van der Waals surface area contributed by atoms with Gasteiger partial charge in [0.25, 0.3) is 11.8 Å². The van der Waals surface area contributed by atoms with Crippen molar-refractivity contribution in [1.82, 2.24) is 24.9 Å². The number of aromatic nitrogens is 5. The van der Waals surface area contributed by atoms with E-state index in [9.17, 15) is 46.0 Å². The fourth-order valence-electron chi connectivity index (χ4n) is 7.57. The summed E-state index contributed by atoms with van der Waals surface area (Å²) in [7, 11) is -5.06. The molecule has 82 heavy (non-hydrogen) atoms. The number of benzene rings is 4. The molecule has 4 aromatic carbocycles. The van der Waals surface area contributed by atoms with E-state index in [1.54, 1.807) is 24.3 Å². The predicted octanol–water partition coefficient (Wildman–Crippen LogP) is 11.6. The molecule has 0 aliphatic carbocycles. The van der Waals surface area contributed by atoms with Crippen LogP contribution in [0.3, 0.4) is 0 Å². The van der Waals surface area contributed by atoms with E-state index in [-0.39, 0.29) is 67.2 Å². The van der Waals surface area contributed by atoms with Crippen LogP contribution in [0.2, 0.25) is 0 Å². The molecule has 6 N–H and O–H groups in total. The van der Waals surface area contributed by atoms with Crippen LogP contribution in [0.5, 0.6) is 0 Å². The first-order chi connectivity index (χ1) is 39.3. The molecular weight excluding hydrogens is 1140 g/mol. The summed E-state index contributed by atoms with van der Waals surface area (Å²) in [5.74, 6) is -3.98. The Hall–Kier alpha value is -8.61. The molecule has 2 amide bonds. The molecule has 0 unspecified atom stereocenters. The van der Waals surface area contributed by atoms with Crippen LogP contribution in [-0.2, 0) is 29.3 Å². The van der Waals surface area contributed by atoms with E-state index in [4.69, 9.17) is 4.98 Å². The monoisotopic (exact) mass is 1190 g/mol. The lowest BCUT2D eigenvalue weighted by atomic mass is 10.1. The zero-order chi connectivity index (χ0) is 59.1. The molecule has 0 atom stereocenters. The average Bonchev–Trinajstić information content (AvgIpc) is 4.27. The van der Waals surface area contributed by atoms with Crippen LogP contribution >= 0.6 is 34.4 Å². The molecule has 7 rings (SSSR count). The number of hydrogen-bond acceptors (Lipinski definition) is 23. The van der Waals surface area contributed by atoms with Crippen LogP contribution in [0.1, 0.15) is 51.3 Å². The summed E-state index contributed by atoms with van der Waals surface area (Å²) in [4.78, 5) is 78.2. The third kappa shape index (κ3) is 16.5. The summed E-state index contributed by atoms with van der Waals surface area (Å²) in [6.45, 7) is 12.7. The highest BCUT2D eigenvalue weighted by Crippen LogP contribution is 2.38. The number of thioether (sulfide) groups is 1. The number of ketones is 2. The molecule has 0 aliphatic rings. The largest absolute Gasteiger partial charge is 0.396 e. The Morgan fingerprint density at radius 1 is 0.659 bits per heavy atom. The first-order valence-corrected chi connectivity index (χ1v) is 29.0. The van der Waals surface area contributed by atoms with Crippen molar-refractivity contribution in [1.29, 1.82) is 0 Å². The zero-order valence-corrected chi connectivity index (χ0v) is 48.0. The fraction of sp³-hybridized carbons (Fsp3) is 0.226. The maximum Gasteiger partial charge on any atom is 0.313 e. The molecule has 0 saturated carbocycles. The number of nitrogens with one attached hydrogen (secondary N) is 4. The molecule has 0 aliphatic heterocycles. The molecule has 3 aromatic heterocycles. The SMILES string of the molecule is CCN(CC)c1ccc(N=Nc2ncc(C=C(C(C)=O)C(=O)Nc3cccc(F)c3)s2)c(Nc2nc(Nc3cc(N(CC)CC)ccc3N=Nc3nc(S(=O)(=O)O)c(C=C(C(C)=O)C(=O)Nc4cccc(F)c4)s3)nc(SCCO)n2)c1. The van der Waals surface area contributed by atoms with Gasteiger partial charge < -0.3 is 36.2 Å². The number of anilines is 8. The van der Waals surface area contributed by atoms with E-state index in [1.165, 1.54) is 49.5 Å². The highest BCUT2D eigenvalue weighted by atomic mass is 32.2. The summed E-state index contributed by atoms with van der Waals surface area (Å²) < 4.78 is 63.1. The van der Waals surface area contributed by atoms with Gasteiger partial charge in [-0.15, -0.1) is 20.5 Å². The van der Waals surface area contributed by atoms with Gasteiger partial charge in [-0.2, -0.15) is 23.4 Å². The molecular formula is C53H53F2N15O8S4. The van der Waals surface area contributed by atoms with Crippen LogP contribution in [0.15, 0.2) is 133 Å². The summed E-state index contributed by atoms with van der Waals surface area (Å²) >= 11 is 2.79. The quantitative estimate of drug-likeness (QED) is 0.00733. The maximum atomic E-state index is 13.9. The van der Waals surface area contributed by atoms with E-state index >= 15 is 0 Å². The number of amides is 2. The number of rotatable bonds is 26. The van der Waals surface area contributed by atoms with E-state index in [0.29, 0.717) is 59.5 Å². The minimum Gasteiger partial charge on any atom is -0.396 e. The average molecular weight is 1190 g/mol. The summed E-state index contributed by atoms with van der Waals surface area (Å²) in [6, 6.07) is 20.8. The third-order valence-corrected chi connectivity index (χ3v) is 14.9. The van der Waals surface area contributed by atoms with Gasteiger partial charge in [-0.25, -0.2) is 18.7 Å². The van der Waals surface area contributed by atoms with Crippen LogP contribution in [0.4, 0.5) is 76.4 Å². The number of thiazole rings is 2. The van der Waals surface area contributed by atoms with Crippen molar-refractivity contribution in [3.8, 4) is 0 Å². The number of nitrogens with zero attached hydrogens (tertiary/aromatic N) is 11. The van der Waals surface area contributed by atoms with Crippen molar-refractivity contribution in [3.05, 3.63) is 124 Å². The second-order valence-corrected chi connectivity index (χ2v) is 21.5. The van der Waals surface area contributed by atoms with Crippen LogP contribution in [0.25, 0.3) is 12.2 Å². The van der Waals surface area contributed by atoms with E-state index in [0.717, 1.165) is 65.7 Å². The zero-order valence-electron chi connectivity index (χ0n) is 44.7. The van der Waals surface area contributed by atoms with Gasteiger partial charge in [-0.3, -0.25) is 23.7 Å². The highest BCUT2D eigenvalue weighted by Gasteiger charge is 2.25. The Morgan fingerprint density at radius 2 is 1.16 bits per heavy atom. The molecule has 0 fully saturated rings. The van der Waals surface area contributed by atoms with Crippen molar-refractivity contribution < 1.29 is 46.0 Å². The van der Waals surface area contributed by atoms with E-state index in [1.807, 2.05) is 39.8 Å². The molecule has 0 saturated heterocycles. The topological polar surface area (TPSA) is 311 Å². The van der Waals surface area contributed by atoms with Crippen molar-refractivity contribution in [2.45, 2.75) is 51.7 Å². The highest BCUT2D eigenvalue weighted by molar-refractivity contribution is 7.99. The smallest absolute Gasteiger partial charge is 0.313 e. The lowest BCUT2D eigenvalue weighted by Crippen LogP contribution is -2.21. The van der Waals surface area contributed by atoms with Gasteiger partial charge in [-0.05, 0) is 126 Å². The third-order valence-electron chi connectivity index (χ3n) is 11.5. The maximum absolute atomic E-state index is 13.9. The molecule has 0 radical (unpaired) electrons. The molecule has 426 valence electrons. The number of aliphatic hydroxyl groups excluding tert-OH is 1. The van der Waals surface area contributed by atoms with Crippen LogP contribution in [-0.4, -0.2) is 105 Å². The number of carbonyl (C=O) groups excluding carboxylic acids is 4. The van der Waals surface area contributed by atoms with Gasteiger partial charge in [0.05, 0.1) is 38.9 Å². The van der Waals surface area contributed by atoms with Gasteiger partial charge in [-0.1, -0.05) is 46.6 Å². The standard InChI is InChI=1S/C53H53F2N15O8S4/c1-7-69(8-2)36-17-19-41(65-67-51-56-29-38(80-51)27-39(30(5)72)46(74)57-34-15-11-13-32(54)23-34)43(25-36)59-49-62-50(64-52(63-49)79-22-21-71)60-44-26-37(70(9-3)10-4)18-20-42(44)66-68-53-61-48(82(76,77)78)45(81-53)28-40(31(6)73)47(75)58-35-16-12-14-33(55)24-35/h11-20,23-29,71H,7-10,21-22H2,1-6H3,(H,57,74)(H,58,75)(H,76,77,78)(H2,59,60,62,63,64). The van der Waals surface area contributed by atoms with Gasteiger partial charge in [0.1, 0.15) is 23.0 Å². The number of Topliss-reactive ketones (excluding diaryl/α,β-unsaturated/α-hetero) is 2. The number of halogens is 2. The molecule has 23 nitrogen and oxygen atoms in total. The van der Waals surface area contributed by atoms with Crippen LogP contribution < -0.4 is 31.1 Å². The van der Waals surface area contributed by atoms with Crippen LogP contribution in [0, 0.1) is 11.6 Å². The van der Waals surface area contributed by atoms with E-state index in [2.05, 4.69) is 71.5 Å². The van der Waals surface area contributed by atoms with Gasteiger partial charge in [0.15, 0.2) is 16.7 Å². The number of aliphatic hydroxyl groups is 1. The fourth-order valence-corrected chi connectivity index (χ4v) is 10.6. The van der Waals surface area contributed by atoms with Gasteiger partial charge >= 0.3 is 10.1 Å². The van der Waals surface area contributed by atoms with Crippen molar-refractivity contribution >= 4 is 148 Å². The Balaban J connectivity index is 1.23. The molecule has 0 bridgehead atoms. The molecule has 0 spiro atoms. The molecule has 3 heterocycles. The normalized spacial score (nSPS) is 12.0. The number of hydrogen-bond donors (Lipinski definition) is 6. The molecule has 29 heteroatoms. The van der Waals surface area contributed by atoms with Crippen molar-refractivity contribution in [2.75, 3.05) is 69.6 Å². The Labute approximate surface area is 481 Å². The van der Waals surface area contributed by atoms with E-state index < -0.39 is 55.7 Å². The minimum atomic E-state index is -5.06. The summed E-state index contributed by atoms with van der Waals surface area (Å²) in [5.41, 5.74) is 2.28. The number of azo groups is 2. The minimum absolute atomic E-state index is 0.00989. The summed E-state index contributed by atoms with van der Waals surface area (Å²) in [5, 5.41) is 37.9. The van der Waals surface area contributed by atoms with Gasteiger partial charge in [0, 0.05) is 60.9 Å². The Kier molecular flexibility index (Phi) is 21.0. The predicted molar refractivity (Wildman–Crippen MR) is 314 cm³/mol. The molecule has 7 aromatic rings. The van der Waals surface area contributed by atoms with Crippen molar-refractivity contribution in [3.63, 3.8) is 0 Å². The lowest BCUT2D eigenvalue weighted by molar-refractivity contribution is -0.120. The first-order valence-electron chi connectivity index (χ1n) is 25.0. The lowest BCUT2D eigenvalue weighted by Gasteiger charge is -2.22. The Morgan fingerprint density at radius 3 is 1.62 bits per heavy atom. The second kappa shape index (κ2) is 28.2. The Bertz CT molecular complexity index is 3750. The second-order valence-electron chi connectivity index (χ2n) is 17.1. The number of carbonyl (C=O) groups is 4.